The lowest BCUT2D eigenvalue weighted by Crippen LogP contribution is -2.10. The number of nitrogens with one attached hydrogen (secondary N) is 1. The third kappa shape index (κ3) is 3.92. The molecule has 1 aromatic rings. The fraction of sp³-hybridized carbons (Fsp3) is 0.182. The first-order chi connectivity index (χ1) is 7.63. The van der Waals surface area contributed by atoms with Gasteiger partial charge in [0.05, 0.1) is 19.2 Å². The largest absolute Gasteiger partial charge is 0.481 e. The summed E-state index contributed by atoms with van der Waals surface area (Å²) < 4.78 is 0. The van der Waals surface area contributed by atoms with Gasteiger partial charge in [-0.25, -0.2) is 0 Å². The quantitative estimate of drug-likeness (QED) is 0.777. The van der Waals surface area contributed by atoms with Crippen LogP contribution in [0.25, 0.3) is 5.70 Å². The predicted molar refractivity (Wildman–Crippen MR) is 61.8 cm³/mol. The van der Waals surface area contributed by atoms with Gasteiger partial charge in [-0.1, -0.05) is 23.7 Å². The molecule has 5 heteroatoms. The molecule has 0 radical (unpaired) electrons. The highest BCUT2D eigenvalue weighted by atomic mass is 35.5. The summed E-state index contributed by atoms with van der Waals surface area (Å²) in [6.07, 6.45) is 1.46. The van der Waals surface area contributed by atoms with Crippen LogP contribution < -0.4 is 5.48 Å². The van der Waals surface area contributed by atoms with Crippen molar-refractivity contribution in [2.24, 2.45) is 0 Å². The van der Waals surface area contributed by atoms with E-state index in [1.165, 1.54) is 13.2 Å². The summed E-state index contributed by atoms with van der Waals surface area (Å²) in [6.45, 7) is 0. The maximum absolute atomic E-state index is 10.5. The number of carboxylic acid groups (broad SMARTS) is 1. The third-order valence-electron chi connectivity index (χ3n) is 1.85. The van der Waals surface area contributed by atoms with Crippen molar-refractivity contribution in [3.63, 3.8) is 0 Å². The second kappa shape index (κ2) is 6.15. The molecule has 0 saturated heterocycles. The molecule has 16 heavy (non-hydrogen) atoms. The summed E-state index contributed by atoms with van der Waals surface area (Å²) in [5, 5.41) is 9.21. The Morgan fingerprint density at radius 3 is 2.62 bits per heavy atom. The molecule has 0 unspecified atom stereocenters. The maximum atomic E-state index is 10.5. The molecule has 1 rings (SSSR count). The van der Waals surface area contributed by atoms with Crippen LogP contribution in [0.4, 0.5) is 0 Å². The fourth-order valence-corrected chi connectivity index (χ4v) is 1.27. The molecule has 0 bridgehead atoms. The van der Waals surface area contributed by atoms with E-state index >= 15 is 0 Å². The minimum atomic E-state index is -0.899. The van der Waals surface area contributed by atoms with Gasteiger partial charge in [-0.15, -0.1) is 0 Å². The number of carbonyl (C=O) groups is 1. The van der Waals surface area contributed by atoms with Crippen molar-refractivity contribution in [3.8, 4) is 0 Å². The molecule has 0 aliphatic heterocycles. The van der Waals surface area contributed by atoms with Gasteiger partial charge >= 0.3 is 5.97 Å². The average molecular weight is 242 g/mol. The van der Waals surface area contributed by atoms with E-state index in [0.29, 0.717) is 10.7 Å². The van der Waals surface area contributed by atoms with Crippen LogP contribution in [0.2, 0.25) is 5.02 Å². The van der Waals surface area contributed by atoms with Gasteiger partial charge in [0.1, 0.15) is 0 Å². The minimum absolute atomic E-state index is 0.0751. The highest BCUT2D eigenvalue weighted by molar-refractivity contribution is 6.30. The van der Waals surface area contributed by atoms with E-state index in [1.54, 1.807) is 24.3 Å². The van der Waals surface area contributed by atoms with Crippen LogP contribution in [-0.2, 0) is 9.63 Å². The number of rotatable bonds is 5. The molecule has 0 spiro atoms. The highest BCUT2D eigenvalue weighted by Gasteiger charge is 2.02. The Hall–Kier alpha value is -1.52. The lowest BCUT2D eigenvalue weighted by molar-refractivity contribution is -0.136. The number of hydroxylamine groups is 1. The number of carboxylic acids is 1. The zero-order chi connectivity index (χ0) is 12.0. The van der Waals surface area contributed by atoms with Crippen molar-refractivity contribution in [2.45, 2.75) is 6.42 Å². The molecule has 0 amide bonds. The van der Waals surface area contributed by atoms with Crippen molar-refractivity contribution in [3.05, 3.63) is 40.9 Å². The molecule has 0 aromatic heterocycles. The van der Waals surface area contributed by atoms with Crippen LogP contribution in [-0.4, -0.2) is 18.2 Å². The highest BCUT2D eigenvalue weighted by Crippen LogP contribution is 2.16. The molecule has 86 valence electrons. The van der Waals surface area contributed by atoms with Gasteiger partial charge in [0.2, 0.25) is 0 Å². The van der Waals surface area contributed by atoms with E-state index in [0.717, 1.165) is 5.56 Å². The van der Waals surface area contributed by atoms with Crippen LogP contribution in [0, 0.1) is 0 Å². The third-order valence-corrected chi connectivity index (χ3v) is 2.10. The molecule has 2 N–H and O–H groups in total. The standard InChI is InChI=1S/C11H12ClNO3/c1-16-13-10(6-7-11(14)15)8-2-4-9(12)5-3-8/h2-6,13H,7H2,1H3,(H,14,15)/b10-6-. The van der Waals surface area contributed by atoms with Gasteiger partial charge in [-0.2, -0.15) is 0 Å². The van der Waals surface area contributed by atoms with E-state index in [2.05, 4.69) is 5.48 Å². The van der Waals surface area contributed by atoms with Gasteiger partial charge in [0.25, 0.3) is 0 Å². The molecular formula is C11H12ClNO3. The Labute approximate surface area is 98.4 Å². The molecular weight excluding hydrogens is 230 g/mol. The summed E-state index contributed by atoms with van der Waals surface area (Å²) in [5.41, 5.74) is 4.04. The SMILES string of the molecule is CON/C(=C\CC(=O)O)c1ccc(Cl)cc1. The number of aliphatic carboxylic acids is 1. The van der Waals surface area contributed by atoms with Gasteiger partial charge in [-0.3, -0.25) is 15.1 Å². The van der Waals surface area contributed by atoms with Crippen molar-refractivity contribution in [1.82, 2.24) is 5.48 Å². The monoisotopic (exact) mass is 241 g/mol. The van der Waals surface area contributed by atoms with Crippen LogP contribution in [0.15, 0.2) is 30.3 Å². The minimum Gasteiger partial charge on any atom is -0.481 e. The van der Waals surface area contributed by atoms with E-state index in [9.17, 15) is 4.79 Å². The van der Waals surface area contributed by atoms with E-state index < -0.39 is 5.97 Å². The first kappa shape index (κ1) is 12.5. The molecule has 0 atom stereocenters. The summed E-state index contributed by atoms with van der Waals surface area (Å²) in [4.78, 5) is 15.2. The predicted octanol–water partition coefficient (Wildman–Crippen LogP) is 2.31. The molecule has 0 saturated carbocycles. The van der Waals surface area contributed by atoms with Crippen molar-refractivity contribution in [2.75, 3.05) is 7.11 Å². The van der Waals surface area contributed by atoms with Gasteiger partial charge in [0, 0.05) is 5.02 Å². The van der Waals surface area contributed by atoms with Crippen LogP contribution >= 0.6 is 11.6 Å². The van der Waals surface area contributed by atoms with Crippen LogP contribution in [0.3, 0.4) is 0 Å². The van der Waals surface area contributed by atoms with Crippen LogP contribution in [0.5, 0.6) is 0 Å². The summed E-state index contributed by atoms with van der Waals surface area (Å²) >= 11 is 5.76. The van der Waals surface area contributed by atoms with Gasteiger partial charge < -0.3 is 5.11 Å². The zero-order valence-electron chi connectivity index (χ0n) is 8.74. The number of halogens is 1. The molecule has 0 aliphatic carbocycles. The Morgan fingerprint density at radius 2 is 2.12 bits per heavy atom. The van der Waals surface area contributed by atoms with Gasteiger partial charge in [-0.05, 0) is 23.8 Å². The van der Waals surface area contributed by atoms with Crippen molar-refractivity contribution in [1.29, 1.82) is 0 Å². The first-order valence-electron chi connectivity index (χ1n) is 4.60. The summed E-state index contributed by atoms with van der Waals surface area (Å²) in [6, 6.07) is 7.01. The Balaban J connectivity index is 2.88. The van der Waals surface area contributed by atoms with Crippen molar-refractivity contribution < 1.29 is 14.7 Å². The second-order valence-electron chi connectivity index (χ2n) is 3.03. The molecule has 0 heterocycles. The van der Waals surface area contributed by atoms with E-state index in [1.807, 2.05) is 0 Å². The fourth-order valence-electron chi connectivity index (χ4n) is 1.15. The lowest BCUT2D eigenvalue weighted by atomic mass is 10.1. The zero-order valence-corrected chi connectivity index (χ0v) is 9.49. The Morgan fingerprint density at radius 1 is 1.50 bits per heavy atom. The summed E-state index contributed by atoms with van der Waals surface area (Å²) in [5.74, 6) is -0.899. The maximum Gasteiger partial charge on any atom is 0.307 e. The topological polar surface area (TPSA) is 58.6 Å². The van der Waals surface area contributed by atoms with Gasteiger partial charge in [0.15, 0.2) is 0 Å². The van der Waals surface area contributed by atoms with Crippen molar-refractivity contribution >= 4 is 23.3 Å². The van der Waals surface area contributed by atoms with Crippen LogP contribution in [0.1, 0.15) is 12.0 Å². The Bertz CT molecular complexity index is 387. The lowest BCUT2D eigenvalue weighted by Gasteiger charge is -2.08. The molecule has 1 aromatic carbocycles. The number of hydrogen-bond donors (Lipinski definition) is 2. The second-order valence-corrected chi connectivity index (χ2v) is 3.47. The normalized spacial score (nSPS) is 11.2. The first-order valence-corrected chi connectivity index (χ1v) is 4.98. The summed E-state index contributed by atoms with van der Waals surface area (Å²) in [7, 11) is 1.46. The molecule has 0 fully saturated rings. The molecule has 0 aliphatic rings. The number of hydrogen-bond acceptors (Lipinski definition) is 3. The smallest absolute Gasteiger partial charge is 0.307 e. The number of benzene rings is 1. The Kier molecular flexibility index (Phi) is 4.82. The van der Waals surface area contributed by atoms with E-state index in [-0.39, 0.29) is 6.42 Å². The average Bonchev–Trinajstić information content (AvgIpc) is 2.25. The van der Waals surface area contributed by atoms with E-state index in [4.69, 9.17) is 21.5 Å². The molecule has 4 nitrogen and oxygen atoms in total.